The van der Waals surface area contributed by atoms with Crippen molar-refractivity contribution in [3.63, 3.8) is 0 Å². The van der Waals surface area contributed by atoms with Gasteiger partial charge in [0.05, 0.1) is 0 Å². The minimum absolute atomic E-state index is 0.0894. The van der Waals surface area contributed by atoms with Gasteiger partial charge < -0.3 is 9.47 Å². The van der Waals surface area contributed by atoms with Crippen molar-refractivity contribution >= 4 is 35.1 Å². The lowest BCUT2D eigenvalue weighted by Crippen LogP contribution is -2.18. The molecule has 6 heteroatoms. The molecule has 0 aromatic rings. The van der Waals surface area contributed by atoms with Gasteiger partial charge in [0, 0.05) is 6.42 Å². The summed E-state index contributed by atoms with van der Waals surface area (Å²) in [5.41, 5.74) is 0. The minimum atomic E-state index is -1.17. The van der Waals surface area contributed by atoms with Gasteiger partial charge in [-0.25, -0.2) is 4.79 Å². The largest absolute Gasteiger partial charge is 0.419 e. The lowest BCUT2D eigenvalue weighted by molar-refractivity contribution is -0.173. The lowest BCUT2D eigenvalue weighted by atomic mass is 10.5. The molecular formula is C7H6Cl2O4. The van der Waals surface area contributed by atoms with E-state index in [1.165, 1.54) is 0 Å². The highest BCUT2D eigenvalue weighted by Crippen LogP contribution is 2.29. The van der Waals surface area contributed by atoms with E-state index in [9.17, 15) is 9.59 Å². The second-order valence-corrected chi connectivity index (χ2v) is 3.03. The predicted molar refractivity (Wildman–Crippen MR) is 45.0 cm³/mol. The molecule has 1 unspecified atom stereocenters. The zero-order valence-corrected chi connectivity index (χ0v) is 8.19. The number of cyclic esters (lactones) is 1. The average molecular weight is 225 g/mol. The van der Waals surface area contributed by atoms with Crippen molar-refractivity contribution in [3.8, 4) is 0 Å². The van der Waals surface area contributed by atoms with E-state index in [1.54, 1.807) is 6.92 Å². The highest BCUT2D eigenvalue weighted by Gasteiger charge is 2.34. The summed E-state index contributed by atoms with van der Waals surface area (Å²) >= 11 is 11.0. The Hall–Kier alpha value is -0.740. The topological polar surface area (TPSA) is 52.6 Å². The molecule has 0 aromatic heterocycles. The second kappa shape index (κ2) is 3.98. The van der Waals surface area contributed by atoms with Crippen LogP contribution in [0, 0.1) is 0 Å². The Kier molecular flexibility index (Phi) is 3.17. The van der Waals surface area contributed by atoms with E-state index in [0.717, 1.165) is 0 Å². The highest BCUT2D eigenvalue weighted by atomic mass is 35.5. The summed E-state index contributed by atoms with van der Waals surface area (Å²) in [5.74, 6) is -1.29. The van der Waals surface area contributed by atoms with Crippen LogP contribution >= 0.6 is 23.2 Å². The van der Waals surface area contributed by atoms with Crippen LogP contribution < -0.4 is 0 Å². The summed E-state index contributed by atoms with van der Waals surface area (Å²) in [5, 5.41) is -0.330. The summed E-state index contributed by atoms with van der Waals surface area (Å²) in [6.07, 6.45) is -0.996. The summed E-state index contributed by atoms with van der Waals surface area (Å²) in [6, 6.07) is 0. The van der Waals surface area contributed by atoms with E-state index < -0.39 is 18.2 Å². The summed E-state index contributed by atoms with van der Waals surface area (Å²) in [7, 11) is 0. The van der Waals surface area contributed by atoms with E-state index in [0.29, 0.717) is 0 Å². The van der Waals surface area contributed by atoms with E-state index >= 15 is 0 Å². The van der Waals surface area contributed by atoms with Crippen LogP contribution in [0.15, 0.2) is 10.1 Å². The van der Waals surface area contributed by atoms with Gasteiger partial charge in [-0.1, -0.05) is 30.1 Å². The normalized spacial score (nSPS) is 21.8. The second-order valence-electron chi connectivity index (χ2n) is 2.24. The molecular weight excluding hydrogens is 219 g/mol. The van der Waals surface area contributed by atoms with Crippen molar-refractivity contribution < 1.29 is 19.1 Å². The Labute approximate surface area is 84.4 Å². The predicted octanol–water partition coefficient (Wildman–Crippen LogP) is 1.51. The first-order valence-electron chi connectivity index (χ1n) is 3.52. The molecule has 0 saturated heterocycles. The number of halogens is 2. The van der Waals surface area contributed by atoms with Crippen LogP contribution in [-0.2, 0) is 19.1 Å². The molecule has 0 saturated carbocycles. The summed E-state index contributed by atoms with van der Waals surface area (Å²) in [6.45, 7) is 1.61. The van der Waals surface area contributed by atoms with Crippen LogP contribution in [0.2, 0.25) is 0 Å². The van der Waals surface area contributed by atoms with E-state index in [4.69, 9.17) is 23.2 Å². The molecule has 1 atom stereocenters. The van der Waals surface area contributed by atoms with Crippen molar-refractivity contribution in [1.29, 1.82) is 0 Å². The quantitative estimate of drug-likeness (QED) is 0.668. The first kappa shape index (κ1) is 10.3. The van der Waals surface area contributed by atoms with Crippen LogP contribution in [-0.4, -0.2) is 18.2 Å². The fourth-order valence-corrected chi connectivity index (χ4v) is 0.980. The first-order chi connectivity index (χ1) is 6.06. The van der Waals surface area contributed by atoms with E-state index in [2.05, 4.69) is 9.47 Å². The van der Waals surface area contributed by atoms with Crippen LogP contribution in [0.4, 0.5) is 0 Å². The third-order valence-corrected chi connectivity index (χ3v) is 2.16. The lowest BCUT2D eigenvalue weighted by Gasteiger charge is -2.09. The number of hydrogen-bond donors (Lipinski definition) is 0. The number of ether oxygens (including phenoxy) is 2. The maximum Gasteiger partial charge on any atom is 0.354 e. The van der Waals surface area contributed by atoms with Gasteiger partial charge in [0.1, 0.15) is 10.1 Å². The minimum Gasteiger partial charge on any atom is -0.419 e. The Balaban J connectivity index is 2.66. The van der Waals surface area contributed by atoms with Gasteiger partial charge in [-0.05, 0) is 0 Å². The van der Waals surface area contributed by atoms with Crippen LogP contribution in [0.5, 0.6) is 0 Å². The monoisotopic (exact) mass is 224 g/mol. The molecule has 0 amide bonds. The van der Waals surface area contributed by atoms with Crippen molar-refractivity contribution in [2.24, 2.45) is 0 Å². The third-order valence-electron chi connectivity index (χ3n) is 1.34. The number of carbonyl (C=O) groups excluding carboxylic acids is 2. The fourth-order valence-electron chi connectivity index (χ4n) is 0.680. The fraction of sp³-hybridized carbons (Fsp3) is 0.429. The molecule has 13 heavy (non-hydrogen) atoms. The van der Waals surface area contributed by atoms with Crippen molar-refractivity contribution in [2.45, 2.75) is 19.6 Å². The Bertz CT molecular complexity index is 284. The van der Waals surface area contributed by atoms with Crippen LogP contribution in [0.3, 0.4) is 0 Å². The molecule has 1 rings (SSSR count). The third kappa shape index (κ3) is 2.14. The number of esters is 2. The molecule has 72 valence electrons. The van der Waals surface area contributed by atoms with Gasteiger partial charge in [-0.15, -0.1) is 0 Å². The van der Waals surface area contributed by atoms with Crippen molar-refractivity contribution in [1.82, 2.24) is 0 Å². The highest BCUT2D eigenvalue weighted by molar-refractivity contribution is 6.48. The molecule has 1 aliphatic heterocycles. The summed E-state index contributed by atoms with van der Waals surface area (Å²) < 4.78 is 9.20. The zero-order chi connectivity index (χ0) is 10.0. The number of rotatable bonds is 2. The Morgan fingerprint density at radius 3 is 2.62 bits per heavy atom. The number of hydrogen-bond acceptors (Lipinski definition) is 4. The van der Waals surface area contributed by atoms with E-state index in [1.807, 2.05) is 0 Å². The van der Waals surface area contributed by atoms with Crippen LogP contribution in [0.25, 0.3) is 0 Å². The molecule has 0 fully saturated rings. The van der Waals surface area contributed by atoms with Gasteiger partial charge in [-0.2, -0.15) is 0 Å². The molecule has 0 radical (unpaired) electrons. The maximum atomic E-state index is 10.8. The molecule has 1 heterocycles. The van der Waals surface area contributed by atoms with Gasteiger partial charge in [0.15, 0.2) is 0 Å². The SMILES string of the molecule is CCC(=O)OC1OC(=O)C(Cl)=C1Cl. The molecule has 0 N–H and O–H groups in total. The zero-order valence-electron chi connectivity index (χ0n) is 6.67. The average Bonchev–Trinajstić information content (AvgIpc) is 2.34. The Morgan fingerprint density at radius 2 is 2.23 bits per heavy atom. The van der Waals surface area contributed by atoms with Crippen molar-refractivity contribution in [2.75, 3.05) is 0 Å². The van der Waals surface area contributed by atoms with Gasteiger partial charge in [0.25, 0.3) is 6.29 Å². The molecule has 1 aliphatic rings. The first-order valence-corrected chi connectivity index (χ1v) is 4.27. The van der Waals surface area contributed by atoms with Gasteiger partial charge in [0.2, 0.25) is 0 Å². The Morgan fingerprint density at radius 1 is 1.62 bits per heavy atom. The van der Waals surface area contributed by atoms with Gasteiger partial charge in [-0.3, -0.25) is 4.79 Å². The molecule has 0 spiro atoms. The summed E-state index contributed by atoms with van der Waals surface area (Å²) in [4.78, 5) is 21.6. The van der Waals surface area contributed by atoms with Gasteiger partial charge >= 0.3 is 11.9 Å². The number of carbonyl (C=O) groups is 2. The molecule has 0 bridgehead atoms. The van der Waals surface area contributed by atoms with Crippen LogP contribution in [0.1, 0.15) is 13.3 Å². The standard InChI is InChI=1S/C7H6Cl2O4/c1-2-3(10)12-7-5(9)4(8)6(11)13-7/h7H,2H2,1H3. The molecule has 0 aliphatic carbocycles. The molecule has 4 nitrogen and oxygen atoms in total. The smallest absolute Gasteiger partial charge is 0.354 e. The molecule has 0 aromatic carbocycles. The van der Waals surface area contributed by atoms with E-state index in [-0.39, 0.29) is 16.5 Å². The maximum absolute atomic E-state index is 10.8. The van der Waals surface area contributed by atoms with Crippen molar-refractivity contribution in [3.05, 3.63) is 10.1 Å².